The molecule has 2 heterocycles. The van der Waals surface area contributed by atoms with Gasteiger partial charge in [0.15, 0.2) is 12.4 Å². The van der Waals surface area contributed by atoms with E-state index in [1.54, 1.807) is 6.07 Å². The summed E-state index contributed by atoms with van der Waals surface area (Å²) < 4.78 is 16.4. The maximum atomic E-state index is 14.2. The van der Waals surface area contributed by atoms with Gasteiger partial charge in [0.2, 0.25) is 11.2 Å². The first-order valence-electron chi connectivity index (χ1n) is 6.17. The summed E-state index contributed by atoms with van der Waals surface area (Å²) in [5.74, 6) is -0.0596. The average Bonchev–Trinajstić information content (AvgIpc) is 2.88. The van der Waals surface area contributed by atoms with E-state index in [0.29, 0.717) is 0 Å². The Morgan fingerprint density at radius 3 is 2.94 bits per heavy atom. The van der Waals surface area contributed by atoms with Crippen molar-refractivity contribution < 1.29 is 8.96 Å². The van der Waals surface area contributed by atoms with Crippen LogP contribution < -0.4 is 4.57 Å². The number of hydrogen-bond donors (Lipinski definition) is 0. The van der Waals surface area contributed by atoms with Crippen LogP contribution in [-0.4, -0.2) is 0 Å². The summed E-state index contributed by atoms with van der Waals surface area (Å²) >= 11 is 0. The van der Waals surface area contributed by atoms with E-state index in [2.05, 4.69) is 10.6 Å². The van der Waals surface area contributed by atoms with Crippen molar-refractivity contribution in [1.82, 2.24) is 0 Å². The van der Waals surface area contributed by atoms with Crippen LogP contribution in [0.5, 0.6) is 0 Å². The van der Waals surface area contributed by atoms with Crippen LogP contribution in [0.4, 0.5) is 4.39 Å². The van der Waals surface area contributed by atoms with Crippen LogP contribution in [0.25, 0.3) is 16.5 Å². The van der Waals surface area contributed by atoms with Gasteiger partial charge in [0.05, 0.1) is 0 Å². The van der Waals surface area contributed by atoms with Gasteiger partial charge < -0.3 is 0 Å². The quantitative estimate of drug-likeness (QED) is 0.607. The van der Waals surface area contributed by atoms with Gasteiger partial charge in [-0.2, -0.15) is 8.96 Å². The van der Waals surface area contributed by atoms with Gasteiger partial charge in [0, 0.05) is 22.6 Å². The molecule has 0 fully saturated rings. The molecule has 0 bridgehead atoms. The number of para-hydroxylation sites is 1. The highest BCUT2D eigenvalue weighted by atomic mass is 19.1. The Morgan fingerprint density at radius 2 is 2.00 bits per heavy atom. The fourth-order valence-corrected chi connectivity index (χ4v) is 3.24. The zero-order chi connectivity index (χ0) is 11.4. The third kappa shape index (κ3) is 1.15. The molecule has 0 amide bonds. The minimum Gasteiger partial charge on any atom is -0.200 e. The Kier molecular flexibility index (Phi) is 1.74. The van der Waals surface area contributed by atoms with Crippen molar-refractivity contribution in [3.8, 4) is 0 Å². The van der Waals surface area contributed by atoms with E-state index in [1.165, 1.54) is 17.6 Å². The maximum absolute atomic E-state index is 14.2. The van der Waals surface area contributed by atoms with Gasteiger partial charge in [-0.3, -0.25) is 0 Å². The van der Waals surface area contributed by atoms with E-state index in [9.17, 15) is 4.39 Å². The summed E-state index contributed by atoms with van der Waals surface area (Å²) in [4.78, 5) is 0. The van der Waals surface area contributed by atoms with Gasteiger partial charge in [-0.05, 0) is 31.4 Å². The molecule has 0 spiro atoms. The second-order valence-corrected chi connectivity index (χ2v) is 4.92. The number of allylic oxidation sites excluding steroid dienone is 2. The zero-order valence-corrected chi connectivity index (χ0v) is 9.54. The Balaban J connectivity index is 2.09. The van der Waals surface area contributed by atoms with Crippen molar-refractivity contribution in [2.24, 2.45) is 0 Å². The molecular formula is C15H13FN+. The lowest BCUT2D eigenvalue weighted by Crippen LogP contribution is -2.36. The topological polar surface area (TPSA) is 3.88 Å². The van der Waals surface area contributed by atoms with Gasteiger partial charge in [-0.15, -0.1) is 0 Å². The van der Waals surface area contributed by atoms with E-state index in [1.807, 2.05) is 18.2 Å². The number of pyridine rings is 1. The van der Waals surface area contributed by atoms with E-state index >= 15 is 0 Å². The van der Waals surface area contributed by atoms with Crippen LogP contribution in [0.3, 0.4) is 0 Å². The molecular weight excluding hydrogens is 213 g/mol. The number of aromatic nitrogens is 1. The molecule has 2 aliphatic rings. The van der Waals surface area contributed by atoms with Crippen LogP contribution in [0.15, 0.2) is 35.9 Å². The number of hydrogen-bond acceptors (Lipinski definition) is 0. The molecule has 17 heavy (non-hydrogen) atoms. The Hall–Kier alpha value is -1.70. The smallest absolute Gasteiger partial charge is 0.200 e. The normalized spacial score (nSPS) is 17.7. The molecule has 0 saturated carbocycles. The number of halogens is 1. The highest BCUT2D eigenvalue weighted by Gasteiger charge is 2.36. The summed E-state index contributed by atoms with van der Waals surface area (Å²) in [7, 11) is 0. The molecule has 2 heteroatoms. The van der Waals surface area contributed by atoms with Crippen molar-refractivity contribution in [2.45, 2.75) is 25.8 Å². The second kappa shape index (κ2) is 3.16. The summed E-state index contributed by atoms with van der Waals surface area (Å²) in [6.07, 6.45) is 3.38. The zero-order valence-electron chi connectivity index (χ0n) is 9.54. The van der Waals surface area contributed by atoms with Crippen LogP contribution in [0.2, 0.25) is 0 Å². The molecule has 0 radical (unpaired) electrons. The van der Waals surface area contributed by atoms with E-state index in [-0.39, 0.29) is 5.82 Å². The lowest BCUT2D eigenvalue weighted by Gasteiger charge is -2.03. The van der Waals surface area contributed by atoms with E-state index in [4.69, 9.17) is 0 Å². The van der Waals surface area contributed by atoms with Gasteiger partial charge >= 0.3 is 0 Å². The maximum Gasteiger partial charge on any atom is 0.245 e. The molecule has 0 saturated heterocycles. The van der Waals surface area contributed by atoms with Crippen LogP contribution in [0, 0.1) is 5.82 Å². The Morgan fingerprint density at radius 1 is 1.12 bits per heavy atom. The number of nitrogens with zero attached hydrogens (tertiary/aromatic N) is 1. The SMILES string of the molecule is Fc1cc2ccccc2[n+]2c1C1=C(CCC1)C2. The summed E-state index contributed by atoms with van der Waals surface area (Å²) in [6, 6.07) is 9.73. The minimum absolute atomic E-state index is 0.0596. The Labute approximate surface area is 99.2 Å². The molecule has 84 valence electrons. The lowest BCUT2D eigenvalue weighted by atomic mass is 10.1. The van der Waals surface area contributed by atoms with Crippen LogP contribution in [-0.2, 0) is 6.54 Å². The summed E-state index contributed by atoms with van der Waals surface area (Å²) in [6.45, 7) is 0.892. The third-order valence-electron chi connectivity index (χ3n) is 3.97. The molecule has 0 atom stereocenters. The number of fused-ring (bicyclic) bond motifs is 4. The van der Waals surface area contributed by atoms with Crippen molar-refractivity contribution in [3.63, 3.8) is 0 Å². The standard InChI is InChI=1S/C15H13FN/c16-13-8-10-4-1-2-7-14(10)17-9-11-5-3-6-12(11)15(13)17/h1-2,4,7-8H,3,5-6,9H2/q+1. The van der Waals surface area contributed by atoms with Gasteiger partial charge in [0.25, 0.3) is 0 Å². The molecule has 1 aliphatic carbocycles. The van der Waals surface area contributed by atoms with E-state index in [0.717, 1.165) is 36.0 Å². The molecule has 0 N–H and O–H groups in total. The molecule has 4 rings (SSSR count). The third-order valence-corrected chi connectivity index (χ3v) is 3.97. The molecule has 1 aromatic carbocycles. The van der Waals surface area contributed by atoms with Crippen LogP contribution >= 0.6 is 0 Å². The molecule has 1 nitrogen and oxygen atoms in total. The van der Waals surface area contributed by atoms with Crippen LogP contribution in [0.1, 0.15) is 25.0 Å². The number of benzene rings is 1. The summed E-state index contributed by atoms with van der Waals surface area (Å²) in [5.41, 5.74) is 4.71. The lowest BCUT2D eigenvalue weighted by molar-refractivity contribution is -0.662. The first-order valence-corrected chi connectivity index (χ1v) is 6.17. The highest BCUT2D eigenvalue weighted by molar-refractivity contribution is 5.79. The molecule has 0 unspecified atom stereocenters. The fraction of sp³-hybridized carbons (Fsp3) is 0.267. The second-order valence-electron chi connectivity index (χ2n) is 4.92. The first-order chi connectivity index (χ1) is 8.34. The van der Waals surface area contributed by atoms with Crippen molar-refractivity contribution in [1.29, 1.82) is 0 Å². The number of rotatable bonds is 0. The molecule has 1 aliphatic heterocycles. The first kappa shape index (κ1) is 9.34. The Bertz CT molecular complexity index is 670. The largest absolute Gasteiger partial charge is 0.245 e. The van der Waals surface area contributed by atoms with Gasteiger partial charge in [-0.25, -0.2) is 0 Å². The average molecular weight is 226 g/mol. The predicted octanol–water partition coefficient (Wildman–Crippen LogP) is 3.22. The van der Waals surface area contributed by atoms with Gasteiger partial charge in [-0.1, -0.05) is 12.1 Å². The summed E-state index contributed by atoms with van der Waals surface area (Å²) in [5, 5.41) is 0.995. The fourth-order valence-electron chi connectivity index (χ4n) is 3.24. The van der Waals surface area contributed by atoms with Crippen molar-refractivity contribution >= 4 is 16.5 Å². The highest BCUT2D eigenvalue weighted by Crippen LogP contribution is 2.38. The monoisotopic (exact) mass is 226 g/mol. The van der Waals surface area contributed by atoms with Gasteiger partial charge in [0.1, 0.15) is 0 Å². The van der Waals surface area contributed by atoms with E-state index < -0.39 is 0 Å². The van der Waals surface area contributed by atoms with Crippen molar-refractivity contribution in [3.05, 3.63) is 47.4 Å². The van der Waals surface area contributed by atoms with Crippen molar-refractivity contribution in [2.75, 3.05) is 0 Å². The molecule has 1 aromatic heterocycles. The molecule has 2 aromatic rings. The predicted molar refractivity (Wildman–Crippen MR) is 64.9 cm³/mol. The minimum atomic E-state index is -0.0596.